The number of hydrogen-bond acceptors (Lipinski definition) is 7. The molecule has 0 radical (unpaired) electrons. The van der Waals surface area contributed by atoms with Gasteiger partial charge in [0.25, 0.3) is 5.69 Å². The van der Waals surface area contributed by atoms with E-state index in [0.717, 1.165) is 19.2 Å². The normalized spacial score (nSPS) is 12.4. The van der Waals surface area contributed by atoms with Gasteiger partial charge in [0.2, 0.25) is 0 Å². The van der Waals surface area contributed by atoms with Gasteiger partial charge in [-0.15, -0.1) is 0 Å². The number of rotatable bonds is 6. The van der Waals surface area contributed by atoms with Gasteiger partial charge in [-0.3, -0.25) is 14.9 Å². The molecule has 11 nitrogen and oxygen atoms in total. The number of nitro benzene ring substituents is 1. The first kappa shape index (κ1) is 20.6. The lowest BCUT2D eigenvalue weighted by Gasteiger charge is -2.17. The van der Waals surface area contributed by atoms with E-state index in [2.05, 4.69) is 9.72 Å². The molecule has 1 atom stereocenters. The summed E-state index contributed by atoms with van der Waals surface area (Å²) in [5, 5.41) is 23.6. The largest absolute Gasteiger partial charge is 0.471 e. The summed E-state index contributed by atoms with van der Waals surface area (Å²) in [5.74, 6) is -4.42. The van der Waals surface area contributed by atoms with E-state index in [-0.39, 0.29) is 16.5 Å². The molecule has 0 spiro atoms. The number of fused-ring (bicyclic) bond motifs is 1. The zero-order valence-electron chi connectivity index (χ0n) is 13.9. The van der Waals surface area contributed by atoms with Crippen molar-refractivity contribution in [1.29, 1.82) is 0 Å². The van der Waals surface area contributed by atoms with Gasteiger partial charge in [0.05, 0.1) is 17.6 Å². The van der Waals surface area contributed by atoms with Crippen LogP contribution in [0, 0.1) is 20.2 Å². The highest BCUT2D eigenvalue weighted by Gasteiger charge is 2.41. The van der Waals surface area contributed by atoms with E-state index in [1.54, 1.807) is 0 Å². The molecule has 14 heteroatoms. The number of nitrogens with one attached hydrogen (secondary N) is 2. The van der Waals surface area contributed by atoms with Gasteiger partial charge in [-0.1, -0.05) is 0 Å². The number of benzene rings is 1. The second-order valence-corrected chi connectivity index (χ2v) is 5.45. The van der Waals surface area contributed by atoms with Crippen LogP contribution in [0.3, 0.4) is 0 Å². The Kier molecular flexibility index (Phi) is 5.51. The molecule has 0 aliphatic rings. The van der Waals surface area contributed by atoms with Gasteiger partial charge < -0.3 is 20.2 Å². The van der Waals surface area contributed by atoms with E-state index >= 15 is 0 Å². The molecule has 2 rings (SSSR count). The van der Waals surface area contributed by atoms with Crippen LogP contribution in [-0.4, -0.2) is 46.0 Å². The number of aromatic nitrogens is 1. The van der Waals surface area contributed by atoms with Crippen LogP contribution in [0.1, 0.15) is 5.56 Å². The predicted octanol–water partition coefficient (Wildman–Crippen LogP) is 1.75. The molecule has 1 aromatic carbocycles. The number of halogens is 3. The van der Waals surface area contributed by atoms with Crippen LogP contribution in [0.25, 0.3) is 10.9 Å². The number of ether oxygens (including phenoxy) is 1. The first-order valence-corrected chi connectivity index (χ1v) is 7.34. The molecule has 28 heavy (non-hydrogen) atoms. The molecule has 2 N–H and O–H groups in total. The van der Waals surface area contributed by atoms with Crippen molar-refractivity contribution in [3.05, 3.63) is 44.0 Å². The van der Waals surface area contributed by atoms with Crippen LogP contribution >= 0.6 is 0 Å². The number of carbonyl (C=O) groups is 2. The Hall–Kier alpha value is -3.71. The molecule has 1 unspecified atom stereocenters. The molecule has 0 fully saturated rings. The van der Waals surface area contributed by atoms with E-state index in [1.807, 2.05) is 0 Å². The Morgan fingerprint density at radius 2 is 1.89 bits per heavy atom. The number of carbonyl (C=O) groups excluding carboxylic acids is 2. The molecule has 2 aromatic rings. The van der Waals surface area contributed by atoms with Crippen molar-refractivity contribution in [3.8, 4) is 0 Å². The lowest BCUT2D eigenvalue weighted by Crippen LogP contribution is -2.48. The third-order valence-electron chi connectivity index (χ3n) is 3.72. The molecule has 0 saturated heterocycles. The number of aromatic amines is 1. The number of non-ortho nitro benzene ring substituents is 1. The van der Waals surface area contributed by atoms with Crippen molar-refractivity contribution in [1.82, 2.24) is 10.3 Å². The topological polar surface area (TPSA) is 157 Å². The van der Waals surface area contributed by atoms with Crippen molar-refractivity contribution < 1.29 is 37.3 Å². The lowest BCUT2D eigenvalue weighted by atomic mass is 10.0. The molecule has 0 aliphatic carbocycles. The standard InChI is InChI=1S/C14H11F3N4O7/c1-28-12(22)10(19-13(23)14(15,16)17)5-8-7-4-6(20(24)25)2-3-9(7)18-11(8)21(26)27/h2-4,10,18H,5H2,1H3,(H,19,23). The maximum Gasteiger partial charge on any atom is 0.471 e. The van der Waals surface area contributed by atoms with Crippen molar-refractivity contribution in [2.45, 2.75) is 18.6 Å². The van der Waals surface area contributed by atoms with Gasteiger partial charge in [0.15, 0.2) is 0 Å². The maximum atomic E-state index is 12.5. The number of esters is 1. The van der Waals surface area contributed by atoms with E-state index in [9.17, 15) is 43.0 Å². The zero-order chi connectivity index (χ0) is 21.2. The monoisotopic (exact) mass is 404 g/mol. The number of nitrogens with zero attached hydrogens (tertiary/aromatic N) is 2. The first-order chi connectivity index (χ1) is 13.0. The predicted molar refractivity (Wildman–Crippen MR) is 85.3 cm³/mol. The zero-order valence-corrected chi connectivity index (χ0v) is 13.9. The van der Waals surface area contributed by atoms with Crippen LogP contribution in [0.4, 0.5) is 24.7 Å². The minimum atomic E-state index is -5.31. The van der Waals surface area contributed by atoms with Crippen molar-refractivity contribution in [2.75, 3.05) is 7.11 Å². The quantitative estimate of drug-likeness (QED) is 0.422. The number of alkyl halides is 3. The average Bonchev–Trinajstić information content (AvgIpc) is 2.97. The Morgan fingerprint density at radius 3 is 2.39 bits per heavy atom. The molecule has 0 aliphatic heterocycles. The average molecular weight is 404 g/mol. The van der Waals surface area contributed by atoms with Crippen LogP contribution in [-0.2, 0) is 20.7 Å². The summed E-state index contributed by atoms with van der Waals surface area (Å²) >= 11 is 0. The fourth-order valence-corrected chi connectivity index (χ4v) is 2.48. The van der Waals surface area contributed by atoms with Crippen molar-refractivity contribution in [2.24, 2.45) is 0 Å². The Morgan fingerprint density at radius 1 is 1.25 bits per heavy atom. The third kappa shape index (κ3) is 4.16. The van der Waals surface area contributed by atoms with E-state index in [1.165, 1.54) is 11.4 Å². The number of nitro groups is 2. The summed E-state index contributed by atoms with van der Waals surface area (Å²) < 4.78 is 41.9. The summed E-state index contributed by atoms with van der Waals surface area (Å²) in [4.78, 5) is 45.9. The second-order valence-electron chi connectivity index (χ2n) is 5.45. The number of methoxy groups -OCH3 is 1. The van der Waals surface area contributed by atoms with Crippen LogP contribution in [0.2, 0.25) is 0 Å². The SMILES string of the molecule is COC(=O)C(Cc1c([N+](=O)[O-])[nH]c2ccc([N+](=O)[O-])cc12)NC(=O)C(F)(F)F. The lowest BCUT2D eigenvalue weighted by molar-refractivity contribution is -0.389. The molecule has 150 valence electrons. The van der Waals surface area contributed by atoms with Crippen LogP contribution in [0.15, 0.2) is 18.2 Å². The van der Waals surface area contributed by atoms with Gasteiger partial charge in [-0.05, 0) is 11.0 Å². The summed E-state index contributed by atoms with van der Waals surface area (Å²) in [7, 11) is 0.851. The highest BCUT2D eigenvalue weighted by atomic mass is 19.4. The minimum absolute atomic E-state index is 0.0592. The molecule has 1 heterocycles. The molecule has 1 amide bonds. The summed E-state index contributed by atoms with van der Waals surface area (Å²) in [6, 6.07) is 1.28. The highest BCUT2D eigenvalue weighted by molar-refractivity contribution is 5.91. The van der Waals surface area contributed by atoms with Gasteiger partial charge in [-0.25, -0.2) is 9.78 Å². The van der Waals surface area contributed by atoms with Gasteiger partial charge in [0, 0.05) is 23.9 Å². The maximum absolute atomic E-state index is 12.5. The van der Waals surface area contributed by atoms with E-state index in [0.29, 0.717) is 0 Å². The van der Waals surface area contributed by atoms with E-state index < -0.39 is 51.9 Å². The summed E-state index contributed by atoms with van der Waals surface area (Å²) in [5.41, 5.74) is -0.656. The number of amides is 1. The second kappa shape index (κ2) is 7.50. The minimum Gasteiger partial charge on any atom is -0.467 e. The third-order valence-corrected chi connectivity index (χ3v) is 3.72. The van der Waals surface area contributed by atoms with Crippen molar-refractivity contribution >= 4 is 34.3 Å². The van der Waals surface area contributed by atoms with Crippen LogP contribution in [0.5, 0.6) is 0 Å². The Bertz CT molecular complexity index is 970. The van der Waals surface area contributed by atoms with Crippen LogP contribution < -0.4 is 5.32 Å². The summed E-state index contributed by atoms with van der Waals surface area (Å²) in [6.07, 6.45) is -6.08. The fraction of sp³-hybridized carbons (Fsp3) is 0.286. The summed E-state index contributed by atoms with van der Waals surface area (Å²) in [6.45, 7) is 0. The Balaban J connectivity index is 2.55. The number of H-pyrrole nitrogens is 1. The smallest absolute Gasteiger partial charge is 0.467 e. The molecule has 0 saturated carbocycles. The Labute approximate surface area is 152 Å². The van der Waals surface area contributed by atoms with E-state index in [4.69, 9.17) is 0 Å². The molecule has 0 bridgehead atoms. The van der Waals surface area contributed by atoms with Gasteiger partial charge in [-0.2, -0.15) is 13.2 Å². The fourth-order valence-electron chi connectivity index (χ4n) is 2.48. The molecular weight excluding hydrogens is 393 g/mol. The highest BCUT2D eigenvalue weighted by Crippen LogP contribution is 2.32. The van der Waals surface area contributed by atoms with Crippen molar-refractivity contribution in [3.63, 3.8) is 0 Å². The van der Waals surface area contributed by atoms with Gasteiger partial charge in [0.1, 0.15) is 11.6 Å². The first-order valence-electron chi connectivity index (χ1n) is 7.34. The molecule has 1 aromatic heterocycles. The van der Waals surface area contributed by atoms with Gasteiger partial charge >= 0.3 is 23.9 Å². The molecular formula is C14H11F3N4O7. The number of hydrogen-bond donors (Lipinski definition) is 2.